The summed E-state index contributed by atoms with van der Waals surface area (Å²) in [6.45, 7) is 5.83. The van der Waals surface area contributed by atoms with E-state index in [1.54, 1.807) is 25.3 Å². The molecule has 0 saturated carbocycles. The first-order chi connectivity index (χ1) is 8.94. The number of amides is 1. The Morgan fingerprint density at radius 2 is 2.21 bits per heavy atom. The van der Waals surface area contributed by atoms with E-state index in [4.69, 9.17) is 10.5 Å². The SMILES string of the molecule is COc1c(N)cccc1C(=O)N1CCSC(C)(C)C1. The molecular formula is C14H20N2O2S. The van der Waals surface area contributed by atoms with E-state index in [1.165, 1.54) is 0 Å². The van der Waals surface area contributed by atoms with Gasteiger partial charge in [0.25, 0.3) is 5.91 Å². The van der Waals surface area contributed by atoms with Crippen LogP contribution in [-0.2, 0) is 0 Å². The van der Waals surface area contributed by atoms with Crippen LogP contribution in [-0.4, -0.2) is 41.5 Å². The van der Waals surface area contributed by atoms with E-state index >= 15 is 0 Å². The quantitative estimate of drug-likeness (QED) is 0.844. The first-order valence-electron chi connectivity index (χ1n) is 6.30. The van der Waals surface area contributed by atoms with Gasteiger partial charge in [0, 0.05) is 23.6 Å². The van der Waals surface area contributed by atoms with Crippen LogP contribution in [0, 0.1) is 0 Å². The van der Waals surface area contributed by atoms with E-state index in [1.807, 2.05) is 16.7 Å². The summed E-state index contributed by atoms with van der Waals surface area (Å²) < 4.78 is 5.36. The number of hydrogen-bond donors (Lipinski definition) is 1. The fourth-order valence-electron chi connectivity index (χ4n) is 2.31. The number of benzene rings is 1. The van der Waals surface area contributed by atoms with Crippen molar-refractivity contribution in [1.82, 2.24) is 4.90 Å². The summed E-state index contributed by atoms with van der Waals surface area (Å²) in [5.74, 6) is 1.43. The third kappa shape index (κ3) is 2.97. The predicted octanol–water partition coefficient (Wildman–Crippen LogP) is 2.25. The Hall–Kier alpha value is -1.36. The lowest BCUT2D eigenvalue weighted by molar-refractivity contribution is 0.0745. The first kappa shape index (κ1) is 14.1. The molecule has 1 aliphatic heterocycles. The summed E-state index contributed by atoms with van der Waals surface area (Å²) in [6, 6.07) is 5.30. The Morgan fingerprint density at radius 3 is 2.84 bits per heavy atom. The molecule has 0 spiro atoms. The minimum Gasteiger partial charge on any atom is -0.494 e. The van der Waals surface area contributed by atoms with Crippen LogP contribution in [0.4, 0.5) is 5.69 Å². The third-order valence-electron chi connectivity index (χ3n) is 3.19. The summed E-state index contributed by atoms with van der Waals surface area (Å²) in [4.78, 5) is 14.5. The standard InChI is InChI=1S/C14H20N2O2S/c1-14(2)9-16(7-8-19-14)13(17)10-5-4-6-11(15)12(10)18-3/h4-6H,7-9,15H2,1-3H3. The second kappa shape index (κ2) is 5.33. The summed E-state index contributed by atoms with van der Waals surface area (Å²) in [7, 11) is 1.54. The summed E-state index contributed by atoms with van der Waals surface area (Å²) in [5, 5.41) is 0. The molecule has 0 aromatic heterocycles. The minimum atomic E-state index is -0.00229. The lowest BCUT2D eigenvalue weighted by Gasteiger charge is -2.37. The topological polar surface area (TPSA) is 55.6 Å². The van der Waals surface area contributed by atoms with Crippen molar-refractivity contribution < 1.29 is 9.53 Å². The molecule has 1 saturated heterocycles. The number of methoxy groups -OCH3 is 1. The van der Waals surface area contributed by atoms with Crippen molar-refractivity contribution in [3.63, 3.8) is 0 Å². The average Bonchev–Trinajstić information content (AvgIpc) is 2.36. The van der Waals surface area contributed by atoms with Gasteiger partial charge in [-0.05, 0) is 26.0 Å². The number of rotatable bonds is 2. The highest BCUT2D eigenvalue weighted by atomic mass is 32.2. The smallest absolute Gasteiger partial charge is 0.257 e. The molecule has 1 aromatic carbocycles. The molecule has 1 fully saturated rings. The number of nitrogens with two attached hydrogens (primary N) is 1. The molecule has 19 heavy (non-hydrogen) atoms. The van der Waals surface area contributed by atoms with Gasteiger partial charge in [-0.25, -0.2) is 0 Å². The number of nitrogen functional groups attached to an aromatic ring is 1. The number of nitrogens with zero attached hydrogens (tertiary/aromatic N) is 1. The number of anilines is 1. The number of carbonyl (C=O) groups excluding carboxylic acids is 1. The van der Waals surface area contributed by atoms with E-state index < -0.39 is 0 Å². The van der Waals surface area contributed by atoms with E-state index in [0.29, 0.717) is 17.0 Å². The van der Waals surface area contributed by atoms with Crippen LogP contribution in [0.2, 0.25) is 0 Å². The zero-order valence-electron chi connectivity index (χ0n) is 11.6. The zero-order valence-corrected chi connectivity index (χ0v) is 12.4. The van der Waals surface area contributed by atoms with Crippen molar-refractivity contribution in [2.75, 3.05) is 31.7 Å². The molecule has 104 valence electrons. The summed E-state index contributed by atoms with van der Waals surface area (Å²) in [6.07, 6.45) is 0. The van der Waals surface area contributed by atoms with Crippen molar-refractivity contribution in [3.8, 4) is 5.75 Å². The van der Waals surface area contributed by atoms with Gasteiger partial charge in [0.05, 0.1) is 18.4 Å². The van der Waals surface area contributed by atoms with Crippen LogP contribution in [0.3, 0.4) is 0 Å². The lowest BCUT2D eigenvalue weighted by Crippen LogP contribution is -2.46. The molecule has 0 unspecified atom stereocenters. The van der Waals surface area contributed by atoms with Crippen LogP contribution in [0.25, 0.3) is 0 Å². The van der Waals surface area contributed by atoms with Gasteiger partial charge in [-0.15, -0.1) is 0 Å². The van der Waals surface area contributed by atoms with Crippen molar-refractivity contribution in [1.29, 1.82) is 0 Å². The van der Waals surface area contributed by atoms with Crippen LogP contribution >= 0.6 is 11.8 Å². The normalized spacial score (nSPS) is 18.2. The first-order valence-corrected chi connectivity index (χ1v) is 7.29. The largest absolute Gasteiger partial charge is 0.494 e. The van der Waals surface area contributed by atoms with Crippen molar-refractivity contribution in [3.05, 3.63) is 23.8 Å². The predicted molar refractivity (Wildman–Crippen MR) is 79.8 cm³/mol. The van der Waals surface area contributed by atoms with E-state index in [9.17, 15) is 4.79 Å². The molecule has 1 amide bonds. The van der Waals surface area contributed by atoms with Crippen LogP contribution < -0.4 is 10.5 Å². The zero-order chi connectivity index (χ0) is 14.0. The van der Waals surface area contributed by atoms with Gasteiger partial charge in [-0.3, -0.25) is 4.79 Å². The summed E-state index contributed by atoms with van der Waals surface area (Å²) >= 11 is 1.90. The number of hydrogen-bond acceptors (Lipinski definition) is 4. The molecular weight excluding hydrogens is 260 g/mol. The highest BCUT2D eigenvalue weighted by Gasteiger charge is 2.31. The van der Waals surface area contributed by atoms with Crippen molar-refractivity contribution in [2.45, 2.75) is 18.6 Å². The Morgan fingerprint density at radius 1 is 1.47 bits per heavy atom. The molecule has 0 aliphatic carbocycles. The Labute approximate surface area is 118 Å². The van der Waals surface area contributed by atoms with Gasteiger partial charge in [-0.2, -0.15) is 11.8 Å². The van der Waals surface area contributed by atoms with E-state index in [-0.39, 0.29) is 10.7 Å². The van der Waals surface area contributed by atoms with E-state index in [0.717, 1.165) is 18.8 Å². The fraction of sp³-hybridized carbons (Fsp3) is 0.500. The molecule has 2 rings (SSSR count). The maximum Gasteiger partial charge on any atom is 0.257 e. The van der Waals surface area contributed by atoms with Gasteiger partial charge < -0.3 is 15.4 Å². The monoisotopic (exact) mass is 280 g/mol. The fourth-order valence-corrected chi connectivity index (χ4v) is 3.42. The molecule has 1 aliphatic rings. The Bertz CT molecular complexity index is 488. The van der Waals surface area contributed by atoms with E-state index in [2.05, 4.69) is 13.8 Å². The van der Waals surface area contributed by atoms with Crippen molar-refractivity contribution in [2.24, 2.45) is 0 Å². The highest BCUT2D eigenvalue weighted by Crippen LogP contribution is 2.32. The van der Waals surface area contributed by atoms with Gasteiger partial charge >= 0.3 is 0 Å². The molecule has 0 atom stereocenters. The number of ether oxygens (including phenoxy) is 1. The van der Waals surface area contributed by atoms with Crippen LogP contribution in [0.1, 0.15) is 24.2 Å². The molecule has 5 heteroatoms. The minimum absolute atomic E-state index is 0.00229. The Kier molecular flexibility index (Phi) is 3.94. The van der Waals surface area contributed by atoms with Crippen LogP contribution in [0.5, 0.6) is 5.75 Å². The summed E-state index contributed by atoms with van der Waals surface area (Å²) in [5.41, 5.74) is 6.90. The van der Waals surface area contributed by atoms with Gasteiger partial charge in [0.15, 0.2) is 5.75 Å². The molecule has 1 heterocycles. The molecule has 1 aromatic rings. The maximum atomic E-state index is 12.6. The highest BCUT2D eigenvalue weighted by molar-refractivity contribution is 8.00. The lowest BCUT2D eigenvalue weighted by atomic mass is 10.1. The van der Waals surface area contributed by atoms with Crippen LogP contribution in [0.15, 0.2) is 18.2 Å². The molecule has 0 radical (unpaired) electrons. The molecule has 2 N–H and O–H groups in total. The van der Waals surface area contributed by atoms with Gasteiger partial charge in [-0.1, -0.05) is 6.07 Å². The van der Waals surface area contributed by atoms with Gasteiger partial charge in [0.2, 0.25) is 0 Å². The number of thioether (sulfide) groups is 1. The maximum absolute atomic E-state index is 12.6. The Balaban J connectivity index is 2.27. The number of carbonyl (C=O) groups is 1. The number of para-hydroxylation sites is 1. The molecule has 4 nitrogen and oxygen atoms in total. The second-order valence-corrected chi connectivity index (χ2v) is 7.07. The molecule has 0 bridgehead atoms. The third-order valence-corrected chi connectivity index (χ3v) is 4.49. The average molecular weight is 280 g/mol. The second-order valence-electron chi connectivity index (χ2n) is 5.26. The van der Waals surface area contributed by atoms with Crippen molar-refractivity contribution >= 4 is 23.4 Å². The van der Waals surface area contributed by atoms with Gasteiger partial charge in [0.1, 0.15) is 0 Å².